The molecule has 1 atom stereocenters. The molecule has 0 aliphatic carbocycles. The number of ether oxygens (including phenoxy) is 1. The zero-order chi connectivity index (χ0) is 15.2. The molecule has 0 fully saturated rings. The smallest absolute Gasteiger partial charge is 0.244 e. The van der Waals surface area contributed by atoms with E-state index in [0.29, 0.717) is 13.2 Å². The van der Waals surface area contributed by atoms with Gasteiger partial charge in [0.15, 0.2) is 5.96 Å². The summed E-state index contributed by atoms with van der Waals surface area (Å²) in [6, 6.07) is 2.16. The van der Waals surface area contributed by atoms with E-state index in [9.17, 15) is 4.79 Å². The number of nitrogens with two attached hydrogens (primary N) is 1. The van der Waals surface area contributed by atoms with Crippen molar-refractivity contribution >= 4 is 23.2 Å². The molecule has 0 saturated carbocycles. The van der Waals surface area contributed by atoms with E-state index in [-0.39, 0.29) is 24.5 Å². The number of guanidine groups is 1. The summed E-state index contributed by atoms with van der Waals surface area (Å²) in [5.74, 6) is 0.289. The Labute approximate surface area is 129 Å². The standard InChI is InChI=1S/C14H22N4O2S/c1-10(9-20-2)17-14(15)16-7-13(19)18-5-3-12-11(8-18)4-6-21-12/h4,6,10H,3,5,7-9H2,1-2H3,(H3,15,16,17). The molecule has 0 bridgehead atoms. The average molecular weight is 310 g/mol. The number of nitrogens with one attached hydrogen (secondary N) is 1. The molecule has 2 heterocycles. The Morgan fingerprint density at radius 2 is 2.48 bits per heavy atom. The van der Waals surface area contributed by atoms with E-state index in [2.05, 4.69) is 21.8 Å². The van der Waals surface area contributed by atoms with Gasteiger partial charge in [0.25, 0.3) is 0 Å². The summed E-state index contributed by atoms with van der Waals surface area (Å²) in [5.41, 5.74) is 7.01. The fourth-order valence-electron chi connectivity index (χ4n) is 2.30. The van der Waals surface area contributed by atoms with Crippen LogP contribution < -0.4 is 11.1 Å². The number of thiophene rings is 1. The summed E-state index contributed by atoms with van der Waals surface area (Å²) >= 11 is 1.76. The van der Waals surface area contributed by atoms with Gasteiger partial charge < -0.3 is 20.7 Å². The Morgan fingerprint density at radius 3 is 3.24 bits per heavy atom. The molecule has 1 aromatic rings. The van der Waals surface area contributed by atoms with Gasteiger partial charge in [0.2, 0.25) is 5.91 Å². The lowest BCUT2D eigenvalue weighted by Gasteiger charge is -2.26. The first-order chi connectivity index (χ1) is 10.1. The van der Waals surface area contributed by atoms with Crippen molar-refractivity contribution in [1.29, 1.82) is 0 Å². The Bertz CT molecular complexity index is 515. The van der Waals surface area contributed by atoms with Gasteiger partial charge in [-0.1, -0.05) is 0 Å². The van der Waals surface area contributed by atoms with Crippen LogP contribution in [0.3, 0.4) is 0 Å². The Morgan fingerprint density at radius 1 is 1.67 bits per heavy atom. The monoisotopic (exact) mass is 310 g/mol. The van der Waals surface area contributed by atoms with Crippen LogP contribution in [0.5, 0.6) is 0 Å². The Balaban J connectivity index is 1.82. The minimum absolute atomic E-state index is 0.0102. The Kier molecular flexibility index (Phi) is 5.58. The van der Waals surface area contributed by atoms with E-state index in [0.717, 1.165) is 13.0 Å². The number of nitrogens with zero attached hydrogens (tertiary/aromatic N) is 2. The number of methoxy groups -OCH3 is 1. The molecule has 1 aliphatic rings. The van der Waals surface area contributed by atoms with E-state index < -0.39 is 0 Å². The maximum atomic E-state index is 12.2. The highest BCUT2D eigenvalue weighted by atomic mass is 32.1. The summed E-state index contributed by atoms with van der Waals surface area (Å²) < 4.78 is 5.00. The van der Waals surface area contributed by atoms with Crippen LogP contribution in [0.15, 0.2) is 16.4 Å². The maximum absolute atomic E-state index is 12.2. The third kappa shape index (κ3) is 4.44. The molecular formula is C14H22N4O2S. The molecule has 0 radical (unpaired) electrons. The van der Waals surface area contributed by atoms with E-state index in [1.807, 2.05) is 11.8 Å². The predicted molar refractivity (Wildman–Crippen MR) is 84.4 cm³/mol. The highest BCUT2D eigenvalue weighted by molar-refractivity contribution is 7.10. The van der Waals surface area contributed by atoms with E-state index in [4.69, 9.17) is 10.5 Å². The lowest BCUT2D eigenvalue weighted by atomic mass is 10.1. The van der Waals surface area contributed by atoms with Crippen LogP contribution in [0.2, 0.25) is 0 Å². The summed E-state index contributed by atoms with van der Waals surface area (Å²) in [7, 11) is 1.63. The normalized spacial score (nSPS) is 16.5. The van der Waals surface area contributed by atoms with Gasteiger partial charge in [-0.15, -0.1) is 11.3 Å². The predicted octanol–water partition coefficient (Wildman–Crippen LogP) is 0.572. The van der Waals surface area contributed by atoms with E-state index in [1.165, 1.54) is 10.4 Å². The van der Waals surface area contributed by atoms with Gasteiger partial charge in [-0.2, -0.15) is 0 Å². The second-order valence-corrected chi connectivity index (χ2v) is 6.14. The molecule has 1 aliphatic heterocycles. The molecule has 1 amide bonds. The average Bonchev–Trinajstić information content (AvgIpc) is 2.92. The molecule has 1 unspecified atom stereocenters. The van der Waals surface area contributed by atoms with Crippen LogP contribution in [0.4, 0.5) is 0 Å². The molecular weight excluding hydrogens is 288 g/mol. The molecule has 6 nitrogen and oxygen atoms in total. The lowest BCUT2D eigenvalue weighted by Crippen LogP contribution is -2.42. The quantitative estimate of drug-likeness (QED) is 0.615. The third-order valence-electron chi connectivity index (χ3n) is 3.36. The van der Waals surface area contributed by atoms with Crippen molar-refractivity contribution < 1.29 is 9.53 Å². The molecule has 2 rings (SSSR count). The minimum atomic E-state index is 0.0102. The van der Waals surface area contributed by atoms with Crippen LogP contribution in [0, 0.1) is 0 Å². The SMILES string of the molecule is COCC(C)NC(N)=NCC(=O)N1CCc2sccc2C1. The van der Waals surface area contributed by atoms with Gasteiger partial charge in [0, 0.05) is 31.1 Å². The second-order valence-electron chi connectivity index (χ2n) is 5.14. The van der Waals surface area contributed by atoms with Gasteiger partial charge in [0.05, 0.1) is 6.61 Å². The number of fused-ring (bicyclic) bond motifs is 1. The van der Waals surface area contributed by atoms with Crippen LogP contribution in [-0.4, -0.2) is 49.6 Å². The zero-order valence-corrected chi connectivity index (χ0v) is 13.3. The molecule has 1 aromatic heterocycles. The molecule has 116 valence electrons. The highest BCUT2D eigenvalue weighted by Crippen LogP contribution is 2.23. The molecule has 21 heavy (non-hydrogen) atoms. The zero-order valence-electron chi connectivity index (χ0n) is 12.5. The number of carbonyl (C=O) groups is 1. The molecule has 0 spiro atoms. The van der Waals surface area contributed by atoms with Crippen molar-refractivity contribution in [2.24, 2.45) is 10.7 Å². The van der Waals surface area contributed by atoms with E-state index >= 15 is 0 Å². The Hall–Kier alpha value is -1.60. The second kappa shape index (κ2) is 7.42. The van der Waals surface area contributed by atoms with Crippen LogP contribution >= 0.6 is 11.3 Å². The van der Waals surface area contributed by atoms with Gasteiger partial charge in [-0.3, -0.25) is 4.79 Å². The fourth-order valence-corrected chi connectivity index (χ4v) is 3.19. The molecule has 0 saturated heterocycles. The first-order valence-electron chi connectivity index (χ1n) is 6.98. The first kappa shape index (κ1) is 15.8. The van der Waals surface area contributed by atoms with Gasteiger partial charge >= 0.3 is 0 Å². The van der Waals surface area contributed by atoms with Crippen molar-refractivity contribution in [1.82, 2.24) is 10.2 Å². The summed E-state index contributed by atoms with van der Waals surface area (Å²) in [6.07, 6.45) is 0.932. The lowest BCUT2D eigenvalue weighted by molar-refractivity contribution is -0.130. The fraction of sp³-hybridized carbons (Fsp3) is 0.571. The highest BCUT2D eigenvalue weighted by Gasteiger charge is 2.21. The third-order valence-corrected chi connectivity index (χ3v) is 4.38. The van der Waals surface area contributed by atoms with Crippen LogP contribution in [0.25, 0.3) is 0 Å². The number of amides is 1. The van der Waals surface area contributed by atoms with Crippen molar-refractivity contribution in [3.05, 3.63) is 21.9 Å². The van der Waals surface area contributed by atoms with Crippen molar-refractivity contribution in [2.75, 3.05) is 26.8 Å². The van der Waals surface area contributed by atoms with Gasteiger partial charge in [0.1, 0.15) is 6.54 Å². The van der Waals surface area contributed by atoms with Crippen molar-refractivity contribution in [2.45, 2.75) is 25.9 Å². The summed E-state index contributed by atoms with van der Waals surface area (Å²) in [5, 5.41) is 5.06. The molecule has 3 N–H and O–H groups in total. The van der Waals surface area contributed by atoms with E-state index in [1.54, 1.807) is 18.4 Å². The number of rotatable bonds is 5. The van der Waals surface area contributed by atoms with Crippen molar-refractivity contribution in [3.8, 4) is 0 Å². The number of hydrogen-bond donors (Lipinski definition) is 2. The van der Waals surface area contributed by atoms with Crippen molar-refractivity contribution in [3.63, 3.8) is 0 Å². The topological polar surface area (TPSA) is 80.0 Å². The number of carbonyl (C=O) groups excluding carboxylic acids is 1. The largest absolute Gasteiger partial charge is 0.383 e. The van der Waals surface area contributed by atoms with Gasteiger partial charge in [-0.25, -0.2) is 4.99 Å². The first-order valence-corrected chi connectivity index (χ1v) is 7.86. The minimum Gasteiger partial charge on any atom is -0.383 e. The summed E-state index contributed by atoms with van der Waals surface area (Å²) in [4.78, 5) is 19.5. The van der Waals surface area contributed by atoms with Crippen LogP contribution in [0.1, 0.15) is 17.4 Å². The summed E-state index contributed by atoms with van der Waals surface area (Å²) in [6.45, 7) is 4.00. The number of hydrogen-bond acceptors (Lipinski definition) is 4. The molecule has 7 heteroatoms. The number of aliphatic imine (C=N–C) groups is 1. The van der Waals surface area contributed by atoms with Crippen LogP contribution in [-0.2, 0) is 22.5 Å². The molecule has 0 aromatic carbocycles. The maximum Gasteiger partial charge on any atom is 0.244 e. The van der Waals surface area contributed by atoms with Gasteiger partial charge in [-0.05, 0) is 30.4 Å².